The van der Waals surface area contributed by atoms with Gasteiger partial charge >= 0.3 is 5.97 Å². The number of carbonyl (C=O) groups is 1. The highest BCUT2D eigenvalue weighted by Gasteiger charge is 2.20. The van der Waals surface area contributed by atoms with Crippen LogP contribution < -0.4 is 5.73 Å². The fourth-order valence-electron chi connectivity index (χ4n) is 2.00. The van der Waals surface area contributed by atoms with Crippen LogP contribution in [0.25, 0.3) is 21.3 Å². The molecule has 1 aromatic carbocycles. The van der Waals surface area contributed by atoms with E-state index in [9.17, 15) is 4.79 Å². The Bertz CT molecular complexity index is 877. The number of pyridine rings is 1. The summed E-state index contributed by atoms with van der Waals surface area (Å²) in [5, 5.41) is 12.2. The number of fused-ring (bicyclic) bond motifs is 1. The van der Waals surface area contributed by atoms with E-state index in [2.05, 4.69) is 4.98 Å². The molecule has 0 atom stereocenters. The summed E-state index contributed by atoms with van der Waals surface area (Å²) in [5.41, 5.74) is 6.51. The molecule has 0 aliphatic carbocycles. The van der Waals surface area contributed by atoms with E-state index in [1.807, 2.05) is 29.6 Å². The van der Waals surface area contributed by atoms with Crippen molar-refractivity contribution in [3.05, 3.63) is 45.4 Å². The summed E-state index contributed by atoms with van der Waals surface area (Å²) in [6.45, 7) is 0. The van der Waals surface area contributed by atoms with Gasteiger partial charge in [0, 0.05) is 10.3 Å². The Morgan fingerprint density at radius 3 is 2.71 bits per heavy atom. The smallest absolute Gasteiger partial charge is 0.356 e. The van der Waals surface area contributed by atoms with Gasteiger partial charge in [0.15, 0.2) is 5.69 Å². The lowest BCUT2D eigenvalue weighted by atomic mass is 10.1. The Hall–Kier alpha value is -1.82. The van der Waals surface area contributed by atoms with Crippen LogP contribution in [0.3, 0.4) is 0 Å². The molecule has 2 aromatic heterocycles. The highest BCUT2D eigenvalue weighted by molar-refractivity contribution is 7.17. The van der Waals surface area contributed by atoms with E-state index in [4.69, 9.17) is 34.0 Å². The van der Waals surface area contributed by atoms with Crippen molar-refractivity contribution < 1.29 is 9.90 Å². The lowest BCUT2D eigenvalue weighted by molar-refractivity contribution is 0.0691. The van der Waals surface area contributed by atoms with Gasteiger partial charge in [-0.1, -0.05) is 35.3 Å². The highest BCUT2D eigenvalue weighted by atomic mass is 35.5. The number of carboxylic acids is 1. The van der Waals surface area contributed by atoms with Crippen LogP contribution in [-0.4, -0.2) is 16.1 Å². The lowest BCUT2D eigenvalue weighted by Gasteiger charge is -2.10. The Labute approximate surface area is 133 Å². The van der Waals surface area contributed by atoms with Crippen molar-refractivity contribution in [3.63, 3.8) is 0 Å². The van der Waals surface area contributed by atoms with Gasteiger partial charge in [0.05, 0.1) is 21.4 Å². The maximum Gasteiger partial charge on any atom is 0.356 e. The fraction of sp³-hybridized carbons (Fsp3) is 0. The van der Waals surface area contributed by atoms with Crippen molar-refractivity contribution in [2.24, 2.45) is 0 Å². The number of aromatic carboxylic acids is 1. The van der Waals surface area contributed by atoms with Crippen molar-refractivity contribution in [1.29, 1.82) is 0 Å². The van der Waals surface area contributed by atoms with Crippen LogP contribution in [0, 0.1) is 0 Å². The zero-order valence-electron chi connectivity index (χ0n) is 10.4. The Morgan fingerprint density at radius 1 is 1.24 bits per heavy atom. The molecular formula is C14H8Cl2N2O2S. The number of carboxylic acid groups (broad SMARTS) is 1. The zero-order chi connectivity index (χ0) is 15.1. The van der Waals surface area contributed by atoms with Gasteiger partial charge in [-0.3, -0.25) is 0 Å². The molecule has 0 aliphatic heterocycles. The molecule has 0 radical (unpaired) electrons. The van der Waals surface area contributed by atoms with E-state index in [0.29, 0.717) is 11.3 Å². The summed E-state index contributed by atoms with van der Waals surface area (Å²) in [6, 6.07) is 7.64. The molecule has 4 nitrogen and oxygen atoms in total. The largest absolute Gasteiger partial charge is 0.476 e. The van der Waals surface area contributed by atoms with Crippen LogP contribution in [-0.2, 0) is 0 Å². The molecule has 3 rings (SSSR count). The number of hydrogen-bond acceptors (Lipinski definition) is 4. The molecule has 2 heterocycles. The molecule has 0 saturated carbocycles. The maximum absolute atomic E-state index is 11.2. The molecule has 3 N–H and O–H groups in total. The first-order chi connectivity index (χ1) is 9.99. The minimum Gasteiger partial charge on any atom is -0.476 e. The quantitative estimate of drug-likeness (QED) is 0.718. The van der Waals surface area contributed by atoms with Crippen molar-refractivity contribution in [1.82, 2.24) is 4.98 Å². The van der Waals surface area contributed by atoms with E-state index in [-0.39, 0.29) is 21.4 Å². The van der Waals surface area contributed by atoms with Crippen LogP contribution in [0.4, 0.5) is 5.69 Å². The highest BCUT2D eigenvalue weighted by Crippen LogP contribution is 2.38. The average molecular weight is 339 g/mol. The summed E-state index contributed by atoms with van der Waals surface area (Å²) < 4.78 is 1.05. The minimum absolute atomic E-state index is 0.0204. The van der Waals surface area contributed by atoms with Crippen LogP contribution in [0.15, 0.2) is 29.6 Å². The molecule has 0 saturated heterocycles. The number of rotatable bonds is 2. The number of hydrogen-bond donors (Lipinski definition) is 2. The molecular weight excluding hydrogens is 331 g/mol. The third-order valence-corrected chi connectivity index (χ3v) is 4.69. The van der Waals surface area contributed by atoms with E-state index in [1.165, 1.54) is 0 Å². The van der Waals surface area contributed by atoms with E-state index < -0.39 is 5.97 Å². The maximum atomic E-state index is 11.2. The summed E-state index contributed by atoms with van der Waals surface area (Å²) >= 11 is 13.6. The minimum atomic E-state index is -1.25. The standard InChI is InChI=1S/C14H8Cl2N2O2S/c15-9-11(17)10(16)13(14(19)20)18-12(9)7-2-1-6-3-4-21-8(6)5-7/h1-5H,(H2,17,18)(H,19,20). The zero-order valence-corrected chi connectivity index (χ0v) is 12.8. The predicted octanol–water partition coefficient (Wildman–Crippen LogP) is 4.55. The second-order valence-electron chi connectivity index (χ2n) is 4.33. The summed E-state index contributed by atoms with van der Waals surface area (Å²) in [6.07, 6.45) is 0. The molecule has 0 bridgehead atoms. The lowest BCUT2D eigenvalue weighted by Crippen LogP contribution is -2.06. The normalized spacial score (nSPS) is 11.0. The summed E-state index contributed by atoms with van der Waals surface area (Å²) in [7, 11) is 0. The van der Waals surface area contributed by atoms with Crippen molar-refractivity contribution in [2.75, 3.05) is 5.73 Å². The molecule has 7 heteroatoms. The second kappa shape index (κ2) is 5.18. The third-order valence-electron chi connectivity index (χ3n) is 3.04. The third kappa shape index (κ3) is 2.33. The van der Waals surface area contributed by atoms with Crippen molar-refractivity contribution in [3.8, 4) is 11.3 Å². The number of nitrogens with zero attached hydrogens (tertiary/aromatic N) is 1. The summed E-state index contributed by atoms with van der Waals surface area (Å²) in [5.74, 6) is -1.25. The SMILES string of the molecule is Nc1c(Cl)c(C(=O)O)nc(-c2ccc3ccsc3c2)c1Cl. The number of aromatic nitrogens is 1. The van der Waals surface area contributed by atoms with Crippen LogP contribution in [0.2, 0.25) is 10.0 Å². The predicted molar refractivity (Wildman–Crippen MR) is 86.4 cm³/mol. The molecule has 106 valence electrons. The Kier molecular flexibility index (Phi) is 3.49. The molecule has 0 amide bonds. The number of nitrogen functional groups attached to an aromatic ring is 1. The van der Waals surface area contributed by atoms with Gasteiger partial charge in [-0.25, -0.2) is 9.78 Å². The number of halogens is 2. The number of anilines is 1. The van der Waals surface area contributed by atoms with Gasteiger partial charge < -0.3 is 10.8 Å². The monoisotopic (exact) mass is 338 g/mol. The van der Waals surface area contributed by atoms with Crippen LogP contribution >= 0.6 is 34.5 Å². The van der Waals surface area contributed by atoms with Crippen molar-refractivity contribution >= 4 is 56.3 Å². The first kappa shape index (κ1) is 14.1. The fourth-order valence-corrected chi connectivity index (χ4v) is 3.34. The molecule has 3 aromatic rings. The van der Waals surface area contributed by atoms with Crippen LogP contribution in [0.1, 0.15) is 10.5 Å². The van der Waals surface area contributed by atoms with E-state index in [0.717, 1.165) is 10.1 Å². The van der Waals surface area contributed by atoms with E-state index >= 15 is 0 Å². The second-order valence-corrected chi connectivity index (χ2v) is 6.03. The first-order valence-electron chi connectivity index (χ1n) is 5.84. The van der Waals surface area contributed by atoms with Gasteiger partial charge in [0.1, 0.15) is 0 Å². The van der Waals surface area contributed by atoms with E-state index in [1.54, 1.807) is 11.3 Å². The van der Waals surface area contributed by atoms with Gasteiger partial charge in [-0.15, -0.1) is 11.3 Å². The average Bonchev–Trinajstić information content (AvgIpc) is 2.92. The topological polar surface area (TPSA) is 76.2 Å². The Morgan fingerprint density at radius 2 is 2.00 bits per heavy atom. The Balaban J connectivity index is 2.28. The molecule has 0 aliphatic rings. The first-order valence-corrected chi connectivity index (χ1v) is 7.48. The molecule has 21 heavy (non-hydrogen) atoms. The van der Waals surface area contributed by atoms with Gasteiger partial charge in [-0.2, -0.15) is 0 Å². The van der Waals surface area contributed by atoms with Gasteiger partial charge in [-0.05, 0) is 22.9 Å². The molecule has 0 spiro atoms. The van der Waals surface area contributed by atoms with Crippen LogP contribution in [0.5, 0.6) is 0 Å². The number of benzene rings is 1. The molecule has 0 fully saturated rings. The van der Waals surface area contributed by atoms with Crippen molar-refractivity contribution in [2.45, 2.75) is 0 Å². The number of nitrogens with two attached hydrogens (primary N) is 1. The van der Waals surface area contributed by atoms with Gasteiger partial charge in [0.25, 0.3) is 0 Å². The summed E-state index contributed by atoms with van der Waals surface area (Å²) in [4.78, 5) is 15.3. The number of thiophene rings is 1. The molecule has 0 unspecified atom stereocenters. The van der Waals surface area contributed by atoms with Gasteiger partial charge in [0.2, 0.25) is 0 Å².